The molecule has 1 aromatic rings. The van der Waals surface area contributed by atoms with E-state index >= 15 is 0 Å². The second-order valence-corrected chi connectivity index (χ2v) is 6.04. The van der Waals surface area contributed by atoms with Crippen molar-refractivity contribution in [2.45, 2.75) is 45.3 Å². The Morgan fingerprint density at radius 2 is 2.05 bits per heavy atom. The highest BCUT2D eigenvalue weighted by atomic mass is 35.5. The summed E-state index contributed by atoms with van der Waals surface area (Å²) in [6.45, 7) is 4.74. The van der Waals surface area contributed by atoms with Gasteiger partial charge in [0.2, 0.25) is 0 Å². The molecule has 1 aliphatic rings. The van der Waals surface area contributed by atoms with Crippen molar-refractivity contribution >= 4 is 11.6 Å². The first-order chi connectivity index (χ1) is 9.24. The van der Waals surface area contributed by atoms with E-state index in [2.05, 4.69) is 12.2 Å². The van der Waals surface area contributed by atoms with Crippen LogP contribution in [0.5, 0.6) is 0 Å². The van der Waals surface area contributed by atoms with Crippen molar-refractivity contribution in [2.24, 2.45) is 5.92 Å². The highest BCUT2D eigenvalue weighted by molar-refractivity contribution is 6.30. The van der Waals surface area contributed by atoms with Crippen LogP contribution in [0.2, 0.25) is 5.02 Å². The molecule has 3 heteroatoms. The van der Waals surface area contributed by atoms with Crippen LogP contribution in [0.25, 0.3) is 0 Å². The summed E-state index contributed by atoms with van der Waals surface area (Å²) in [6.07, 6.45) is 5.40. The minimum absolute atomic E-state index is 0.667. The number of rotatable bonds is 6. The van der Waals surface area contributed by atoms with E-state index in [4.69, 9.17) is 16.3 Å². The van der Waals surface area contributed by atoms with Crippen molar-refractivity contribution in [3.8, 4) is 0 Å². The molecule has 2 nitrogen and oxygen atoms in total. The summed E-state index contributed by atoms with van der Waals surface area (Å²) in [5.74, 6) is 0.876. The van der Waals surface area contributed by atoms with Crippen LogP contribution >= 0.6 is 11.6 Å². The van der Waals surface area contributed by atoms with E-state index < -0.39 is 0 Å². The van der Waals surface area contributed by atoms with E-state index in [1.807, 2.05) is 24.3 Å². The second kappa shape index (κ2) is 7.88. The van der Waals surface area contributed by atoms with E-state index in [0.717, 1.165) is 24.1 Å². The van der Waals surface area contributed by atoms with Gasteiger partial charge in [0.1, 0.15) is 0 Å². The van der Waals surface area contributed by atoms with Gasteiger partial charge in [0.15, 0.2) is 0 Å². The Balaban J connectivity index is 1.55. The molecule has 0 aromatic heterocycles. The minimum atomic E-state index is 0.667. The summed E-state index contributed by atoms with van der Waals surface area (Å²) < 4.78 is 5.67. The molecule has 1 aliphatic carbocycles. The van der Waals surface area contributed by atoms with Gasteiger partial charge < -0.3 is 10.1 Å². The third-order valence-corrected chi connectivity index (χ3v) is 4.05. The lowest BCUT2D eigenvalue weighted by molar-refractivity contribution is 0.118. The monoisotopic (exact) mass is 281 g/mol. The van der Waals surface area contributed by atoms with Crippen LogP contribution < -0.4 is 5.32 Å². The third kappa shape index (κ3) is 5.52. The van der Waals surface area contributed by atoms with Crippen LogP contribution in [0.4, 0.5) is 0 Å². The molecule has 0 heterocycles. The van der Waals surface area contributed by atoms with Crippen molar-refractivity contribution in [3.63, 3.8) is 0 Å². The lowest BCUT2D eigenvalue weighted by atomic mass is 9.87. The van der Waals surface area contributed by atoms with Gasteiger partial charge in [-0.2, -0.15) is 0 Å². The fraction of sp³-hybridized carbons (Fsp3) is 0.625. The molecule has 106 valence electrons. The molecular weight excluding hydrogens is 258 g/mol. The summed E-state index contributed by atoms with van der Waals surface area (Å²) in [5.41, 5.74) is 1.18. The SMILES string of the molecule is CC1CCCC(NCCOCc2ccc(Cl)cc2)C1. The largest absolute Gasteiger partial charge is 0.375 e. The van der Waals surface area contributed by atoms with Crippen LogP contribution in [-0.4, -0.2) is 19.2 Å². The molecule has 0 amide bonds. The second-order valence-electron chi connectivity index (χ2n) is 5.60. The van der Waals surface area contributed by atoms with E-state index in [0.29, 0.717) is 12.6 Å². The maximum absolute atomic E-state index is 5.84. The maximum Gasteiger partial charge on any atom is 0.0717 e. The van der Waals surface area contributed by atoms with Gasteiger partial charge in [0.25, 0.3) is 0 Å². The van der Waals surface area contributed by atoms with Crippen LogP contribution in [0, 0.1) is 5.92 Å². The van der Waals surface area contributed by atoms with Crippen molar-refractivity contribution in [1.82, 2.24) is 5.32 Å². The van der Waals surface area contributed by atoms with Gasteiger partial charge in [-0.15, -0.1) is 0 Å². The highest BCUT2D eigenvalue weighted by Crippen LogP contribution is 2.23. The van der Waals surface area contributed by atoms with Gasteiger partial charge in [0, 0.05) is 17.6 Å². The average molecular weight is 282 g/mol. The molecule has 0 bridgehead atoms. The van der Waals surface area contributed by atoms with Crippen LogP contribution in [-0.2, 0) is 11.3 Å². The average Bonchev–Trinajstić information content (AvgIpc) is 2.41. The molecule has 19 heavy (non-hydrogen) atoms. The van der Waals surface area contributed by atoms with E-state index in [1.54, 1.807) is 0 Å². The van der Waals surface area contributed by atoms with Crippen molar-refractivity contribution in [1.29, 1.82) is 0 Å². The number of nitrogens with one attached hydrogen (secondary N) is 1. The summed E-state index contributed by atoms with van der Waals surface area (Å²) in [7, 11) is 0. The Kier molecular flexibility index (Phi) is 6.15. The molecule has 2 atom stereocenters. The normalized spacial score (nSPS) is 23.5. The summed E-state index contributed by atoms with van der Waals surface area (Å²) in [4.78, 5) is 0. The topological polar surface area (TPSA) is 21.3 Å². The van der Waals surface area contributed by atoms with Gasteiger partial charge in [-0.05, 0) is 36.5 Å². The first-order valence-corrected chi connectivity index (χ1v) is 7.67. The zero-order valence-corrected chi connectivity index (χ0v) is 12.5. The lowest BCUT2D eigenvalue weighted by Gasteiger charge is -2.27. The number of halogens is 1. The van der Waals surface area contributed by atoms with Gasteiger partial charge in [-0.25, -0.2) is 0 Å². The number of hydrogen-bond acceptors (Lipinski definition) is 2. The minimum Gasteiger partial charge on any atom is -0.375 e. The van der Waals surface area contributed by atoms with Gasteiger partial charge in [-0.1, -0.05) is 43.5 Å². The van der Waals surface area contributed by atoms with Crippen LogP contribution in [0.15, 0.2) is 24.3 Å². The highest BCUT2D eigenvalue weighted by Gasteiger charge is 2.17. The summed E-state index contributed by atoms with van der Waals surface area (Å²) in [5, 5.41) is 4.38. The smallest absolute Gasteiger partial charge is 0.0717 e. The van der Waals surface area contributed by atoms with Crippen molar-refractivity contribution in [2.75, 3.05) is 13.2 Å². The molecule has 0 radical (unpaired) electrons. The zero-order valence-electron chi connectivity index (χ0n) is 11.7. The number of benzene rings is 1. The van der Waals surface area contributed by atoms with E-state index in [9.17, 15) is 0 Å². The predicted octanol–water partition coefficient (Wildman–Crippen LogP) is 4.02. The quantitative estimate of drug-likeness (QED) is 0.795. The Morgan fingerprint density at radius 3 is 2.79 bits per heavy atom. The van der Waals surface area contributed by atoms with Crippen molar-refractivity contribution < 1.29 is 4.74 Å². The van der Waals surface area contributed by atoms with E-state index in [1.165, 1.54) is 31.2 Å². The first kappa shape index (κ1) is 14.8. The standard InChI is InChI=1S/C16H24ClNO/c1-13-3-2-4-16(11-13)18-9-10-19-12-14-5-7-15(17)8-6-14/h5-8,13,16,18H,2-4,9-12H2,1H3. The fourth-order valence-electron chi connectivity index (χ4n) is 2.73. The van der Waals surface area contributed by atoms with Gasteiger partial charge in [-0.3, -0.25) is 0 Å². The molecule has 1 saturated carbocycles. The fourth-order valence-corrected chi connectivity index (χ4v) is 2.85. The molecule has 0 saturated heterocycles. The molecule has 1 N–H and O–H groups in total. The predicted molar refractivity (Wildman–Crippen MR) is 80.5 cm³/mol. The summed E-state index contributed by atoms with van der Waals surface area (Å²) >= 11 is 5.84. The van der Waals surface area contributed by atoms with Gasteiger partial charge >= 0.3 is 0 Å². The van der Waals surface area contributed by atoms with Crippen LogP contribution in [0.1, 0.15) is 38.2 Å². The summed E-state index contributed by atoms with van der Waals surface area (Å²) in [6, 6.07) is 8.53. The Labute approximate surface area is 121 Å². The Bertz CT molecular complexity index is 366. The van der Waals surface area contributed by atoms with Crippen molar-refractivity contribution in [3.05, 3.63) is 34.9 Å². The first-order valence-electron chi connectivity index (χ1n) is 7.29. The molecule has 1 aromatic carbocycles. The molecule has 2 rings (SSSR count). The van der Waals surface area contributed by atoms with Gasteiger partial charge in [0.05, 0.1) is 13.2 Å². The molecule has 1 fully saturated rings. The van der Waals surface area contributed by atoms with E-state index in [-0.39, 0.29) is 0 Å². The third-order valence-electron chi connectivity index (χ3n) is 3.80. The molecule has 0 aliphatic heterocycles. The Morgan fingerprint density at radius 1 is 1.26 bits per heavy atom. The maximum atomic E-state index is 5.84. The molecule has 2 unspecified atom stereocenters. The zero-order chi connectivity index (χ0) is 13.5. The lowest BCUT2D eigenvalue weighted by Crippen LogP contribution is -2.35. The number of ether oxygens (including phenoxy) is 1. The number of hydrogen-bond donors (Lipinski definition) is 1. The van der Waals surface area contributed by atoms with Crippen LogP contribution in [0.3, 0.4) is 0 Å². The Hall–Kier alpha value is -0.570. The molecular formula is C16H24ClNO. The molecule has 0 spiro atoms.